The molecule has 5 rings (SSSR count). The molecule has 2 aliphatic rings. The van der Waals surface area contributed by atoms with Crippen LogP contribution < -0.4 is 10.5 Å². The molecule has 1 saturated heterocycles. The van der Waals surface area contributed by atoms with E-state index >= 15 is 0 Å². The van der Waals surface area contributed by atoms with Crippen LogP contribution in [0, 0.1) is 5.41 Å². The number of anilines is 1. The van der Waals surface area contributed by atoms with Gasteiger partial charge in [-0.05, 0) is 12.1 Å². The van der Waals surface area contributed by atoms with E-state index in [1.807, 2.05) is 42.5 Å². The van der Waals surface area contributed by atoms with E-state index in [9.17, 15) is 4.79 Å². The molecule has 4 heterocycles. The highest BCUT2D eigenvalue weighted by Crippen LogP contribution is 2.37. The molecule has 0 N–H and O–H groups in total. The van der Waals surface area contributed by atoms with Gasteiger partial charge in [-0.3, -0.25) is 14.3 Å². The number of aromatic nitrogens is 3. The van der Waals surface area contributed by atoms with Gasteiger partial charge in [-0.15, -0.1) is 0 Å². The molecule has 7 nitrogen and oxygen atoms in total. The largest absolute Gasteiger partial charge is 0.343 e. The Labute approximate surface area is 187 Å². The normalized spacial score (nSPS) is 19.0. The maximum absolute atomic E-state index is 13.1. The van der Waals surface area contributed by atoms with Crippen molar-refractivity contribution in [3.8, 4) is 11.3 Å². The summed E-state index contributed by atoms with van der Waals surface area (Å²) in [6.45, 7) is 7.60. The van der Waals surface area contributed by atoms with Crippen molar-refractivity contribution in [2.45, 2.75) is 32.6 Å². The fraction of sp³-hybridized carbons (Fsp3) is 0.400. The average Bonchev–Trinajstić information content (AvgIpc) is 3.29. The van der Waals surface area contributed by atoms with Crippen molar-refractivity contribution < 1.29 is 9.47 Å². The van der Waals surface area contributed by atoms with Crippen molar-refractivity contribution in [3.63, 3.8) is 0 Å². The molecule has 1 fully saturated rings. The van der Waals surface area contributed by atoms with Crippen molar-refractivity contribution in [2.24, 2.45) is 5.41 Å². The zero-order chi connectivity index (χ0) is 22.2. The fourth-order valence-electron chi connectivity index (χ4n) is 4.68. The van der Waals surface area contributed by atoms with Crippen LogP contribution in [0.1, 0.15) is 25.8 Å². The number of nitrogens with zero attached hydrogens (tertiary/aromatic N) is 4. The highest BCUT2D eigenvalue weighted by Gasteiger charge is 2.40. The zero-order valence-electron chi connectivity index (χ0n) is 18.5. The lowest BCUT2D eigenvalue weighted by atomic mass is 9.90. The summed E-state index contributed by atoms with van der Waals surface area (Å²) in [4.78, 5) is 24.3. The minimum Gasteiger partial charge on any atom is -0.343 e. The summed E-state index contributed by atoms with van der Waals surface area (Å²) >= 11 is 0. The van der Waals surface area contributed by atoms with E-state index in [2.05, 4.69) is 23.7 Å². The number of benzene rings is 1. The first-order chi connectivity index (χ1) is 15.5. The first kappa shape index (κ1) is 20.8. The molecule has 0 amide bonds. The van der Waals surface area contributed by atoms with Gasteiger partial charge in [-0.25, -0.2) is 4.98 Å². The molecule has 0 spiro atoms. The molecule has 32 heavy (non-hydrogen) atoms. The van der Waals surface area contributed by atoms with Crippen molar-refractivity contribution in [1.82, 2.24) is 14.5 Å². The van der Waals surface area contributed by atoms with Crippen molar-refractivity contribution in [3.05, 3.63) is 76.8 Å². The molecule has 2 aliphatic heterocycles. The van der Waals surface area contributed by atoms with Gasteiger partial charge in [-0.2, -0.15) is 0 Å². The monoisotopic (exact) mass is 432 g/mol. The van der Waals surface area contributed by atoms with Crippen molar-refractivity contribution in [1.29, 1.82) is 0 Å². The zero-order valence-corrected chi connectivity index (χ0v) is 18.5. The summed E-state index contributed by atoms with van der Waals surface area (Å²) in [6.07, 6.45) is 4.07. The number of hydrogen-bond donors (Lipinski definition) is 0. The third-order valence-electron chi connectivity index (χ3n) is 6.13. The van der Waals surface area contributed by atoms with E-state index in [1.54, 1.807) is 23.0 Å². The Kier molecular flexibility index (Phi) is 5.31. The van der Waals surface area contributed by atoms with Crippen LogP contribution >= 0.6 is 0 Å². The van der Waals surface area contributed by atoms with Crippen molar-refractivity contribution >= 4 is 5.95 Å². The first-order valence-electron chi connectivity index (χ1n) is 11.1. The van der Waals surface area contributed by atoms with Gasteiger partial charge >= 0.3 is 0 Å². The number of pyridine rings is 1. The van der Waals surface area contributed by atoms with Gasteiger partial charge in [0, 0.05) is 61.1 Å². The summed E-state index contributed by atoms with van der Waals surface area (Å²) in [5.74, 6) is -0.0682. The second-order valence-corrected chi connectivity index (χ2v) is 9.25. The first-order valence-corrected chi connectivity index (χ1v) is 11.1. The van der Waals surface area contributed by atoms with Gasteiger partial charge in [0.25, 0.3) is 5.56 Å². The Morgan fingerprint density at radius 3 is 2.44 bits per heavy atom. The van der Waals surface area contributed by atoms with E-state index in [4.69, 9.17) is 14.5 Å². The Morgan fingerprint density at radius 1 is 1.00 bits per heavy atom. The highest BCUT2D eigenvalue weighted by atomic mass is 16.7. The van der Waals surface area contributed by atoms with Gasteiger partial charge < -0.3 is 14.4 Å². The maximum Gasteiger partial charge on any atom is 0.255 e. The SMILES string of the molecule is CC1(C)CN(CCC2(c3ccccc3)OCCO2)c2nc(-c3ccncc3)cc(=O)n2C1. The van der Waals surface area contributed by atoms with Crippen LogP contribution in [0.4, 0.5) is 5.95 Å². The lowest BCUT2D eigenvalue weighted by Gasteiger charge is -2.41. The summed E-state index contributed by atoms with van der Waals surface area (Å²) in [7, 11) is 0. The summed E-state index contributed by atoms with van der Waals surface area (Å²) < 4.78 is 14.1. The van der Waals surface area contributed by atoms with E-state index in [0.29, 0.717) is 44.4 Å². The molecule has 3 aromatic rings. The second-order valence-electron chi connectivity index (χ2n) is 9.25. The topological polar surface area (TPSA) is 69.5 Å². The number of fused-ring (bicyclic) bond motifs is 1. The third-order valence-corrected chi connectivity index (χ3v) is 6.13. The Morgan fingerprint density at radius 2 is 1.72 bits per heavy atom. The molecule has 166 valence electrons. The maximum atomic E-state index is 13.1. The average molecular weight is 433 g/mol. The van der Waals surface area contributed by atoms with Crippen LogP contribution in [0.25, 0.3) is 11.3 Å². The number of hydrogen-bond acceptors (Lipinski definition) is 6. The Hall–Kier alpha value is -3.03. The predicted octanol–water partition coefficient (Wildman–Crippen LogP) is 3.44. The second kappa shape index (κ2) is 8.15. The summed E-state index contributed by atoms with van der Waals surface area (Å²) in [5, 5.41) is 0. The molecule has 0 radical (unpaired) electrons. The van der Waals surface area contributed by atoms with Gasteiger partial charge in [0.1, 0.15) is 0 Å². The van der Waals surface area contributed by atoms with Gasteiger partial charge in [0.05, 0.1) is 18.9 Å². The lowest BCUT2D eigenvalue weighted by molar-refractivity contribution is -0.169. The Balaban J connectivity index is 1.50. The van der Waals surface area contributed by atoms with Gasteiger partial charge in [0.15, 0.2) is 5.79 Å². The smallest absolute Gasteiger partial charge is 0.255 e. The van der Waals surface area contributed by atoms with E-state index in [0.717, 1.165) is 17.7 Å². The van der Waals surface area contributed by atoms with Crippen LogP contribution in [0.3, 0.4) is 0 Å². The molecule has 0 aliphatic carbocycles. The molecule has 0 saturated carbocycles. The quantitative estimate of drug-likeness (QED) is 0.615. The summed E-state index contributed by atoms with van der Waals surface area (Å²) in [6, 6.07) is 15.5. The van der Waals surface area contributed by atoms with E-state index < -0.39 is 5.79 Å². The highest BCUT2D eigenvalue weighted by molar-refractivity contribution is 5.59. The minimum absolute atomic E-state index is 0.0364. The van der Waals surface area contributed by atoms with E-state index in [1.165, 1.54) is 0 Å². The molecule has 0 atom stereocenters. The molecule has 0 unspecified atom stereocenters. The summed E-state index contributed by atoms with van der Waals surface area (Å²) in [5.41, 5.74) is 2.47. The van der Waals surface area contributed by atoms with Crippen LogP contribution in [0.2, 0.25) is 0 Å². The molecule has 0 bridgehead atoms. The minimum atomic E-state index is -0.767. The fourth-order valence-corrected chi connectivity index (χ4v) is 4.68. The lowest BCUT2D eigenvalue weighted by Crippen LogP contribution is -2.49. The standard InChI is InChI=1S/C25H28N4O3/c1-24(2)17-28(13-10-25(31-14-15-32-25)20-6-4-3-5-7-20)23-27-21(16-22(30)29(23)18-24)19-8-11-26-12-9-19/h3-9,11-12,16H,10,13-15,17-18H2,1-2H3. The molecule has 7 heteroatoms. The third kappa shape index (κ3) is 3.94. The van der Waals surface area contributed by atoms with Crippen LogP contribution in [-0.4, -0.2) is 40.8 Å². The molecule has 1 aromatic carbocycles. The van der Waals surface area contributed by atoms with Crippen LogP contribution in [0.5, 0.6) is 0 Å². The molecular formula is C25H28N4O3. The molecular weight excluding hydrogens is 404 g/mol. The number of rotatable bonds is 5. The van der Waals surface area contributed by atoms with Crippen LogP contribution in [0.15, 0.2) is 65.7 Å². The van der Waals surface area contributed by atoms with Gasteiger partial charge in [0.2, 0.25) is 5.95 Å². The van der Waals surface area contributed by atoms with Crippen LogP contribution in [-0.2, 0) is 21.8 Å². The predicted molar refractivity (Wildman–Crippen MR) is 122 cm³/mol. The molecule has 2 aromatic heterocycles. The van der Waals surface area contributed by atoms with E-state index in [-0.39, 0.29) is 11.0 Å². The van der Waals surface area contributed by atoms with Crippen molar-refractivity contribution in [2.75, 3.05) is 31.2 Å². The number of ether oxygens (including phenoxy) is 2. The van der Waals surface area contributed by atoms with Gasteiger partial charge in [-0.1, -0.05) is 44.2 Å². The Bertz CT molecular complexity index is 1140.